The normalized spacial score (nSPS) is 12.9. The fourth-order valence-electron chi connectivity index (χ4n) is 3.26. The summed E-state index contributed by atoms with van der Waals surface area (Å²) in [5, 5.41) is 28.6. The zero-order valence-corrected chi connectivity index (χ0v) is 19.9. The number of aliphatic carboxylic acids is 1. The fourth-order valence-corrected chi connectivity index (χ4v) is 3.26. The van der Waals surface area contributed by atoms with Gasteiger partial charge in [-0.25, -0.2) is 0 Å². The quantitative estimate of drug-likeness (QED) is 0.383. The Morgan fingerprint density at radius 1 is 0.765 bits per heavy atom. The van der Waals surface area contributed by atoms with Gasteiger partial charge in [-0.1, -0.05) is 36.4 Å². The molecule has 0 atom stereocenters. The van der Waals surface area contributed by atoms with Gasteiger partial charge in [0.15, 0.2) is 0 Å². The van der Waals surface area contributed by atoms with E-state index in [0.29, 0.717) is 48.6 Å². The van der Waals surface area contributed by atoms with Crippen LogP contribution in [0.1, 0.15) is 29.2 Å². The van der Waals surface area contributed by atoms with Gasteiger partial charge in [0.1, 0.15) is 11.5 Å². The zero-order chi connectivity index (χ0) is 23.6. The molecule has 1 heterocycles. The van der Waals surface area contributed by atoms with Crippen LogP contribution in [0, 0.1) is 0 Å². The van der Waals surface area contributed by atoms with Gasteiger partial charge in [0.05, 0.1) is 24.6 Å². The van der Waals surface area contributed by atoms with Gasteiger partial charge in [0, 0.05) is 47.5 Å². The Morgan fingerprint density at radius 2 is 1.18 bits per heavy atom. The van der Waals surface area contributed by atoms with Crippen molar-refractivity contribution in [3.8, 4) is 11.5 Å². The summed E-state index contributed by atoms with van der Waals surface area (Å²) in [4.78, 5) is 18.1. The minimum Gasteiger partial charge on any atom is -0.507 e. The molecular formula is C26H26MnN2O5. The van der Waals surface area contributed by atoms with E-state index in [1.165, 1.54) is 0 Å². The molecule has 0 aliphatic carbocycles. The zero-order valence-electron chi connectivity index (χ0n) is 18.7. The van der Waals surface area contributed by atoms with E-state index in [1.807, 2.05) is 60.7 Å². The molecule has 0 spiro atoms. The number of phenolic OH excluding ortho intramolecular Hbond substituents is 2. The molecule has 34 heavy (non-hydrogen) atoms. The average molecular weight is 501 g/mol. The number of hydrogen-bond acceptors (Lipinski definition) is 6. The van der Waals surface area contributed by atoms with E-state index in [9.17, 15) is 10.2 Å². The summed E-state index contributed by atoms with van der Waals surface area (Å²) >= 11 is 0. The van der Waals surface area contributed by atoms with Gasteiger partial charge in [-0.3, -0.25) is 14.8 Å². The van der Waals surface area contributed by atoms with Gasteiger partial charge in [0.25, 0.3) is 5.97 Å². The third kappa shape index (κ3) is 7.56. The van der Waals surface area contributed by atoms with Gasteiger partial charge in [0.2, 0.25) is 0 Å². The van der Waals surface area contributed by atoms with Gasteiger partial charge < -0.3 is 20.1 Å². The average Bonchev–Trinajstić information content (AvgIpc) is 2.79. The Hall–Kier alpha value is -3.45. The van der Waals surface area contributed by atoms with Gasteiger partial charge in [-0.05, 0) is 48.2 Å². The van der Waals surface area contributed by atoms with Crippen LogP contribution < -0.4 is 0 Å². The third-order valence-corrected chi connectivity index (χ3v) is 4.90. The molecule has 7 nitrogen and oxygen atoms in total. The van der Waals surface area contributed by atoms with Crippen LogP contribution in [-0.2, 0) is 39.4 Å². The van der Waals surface area contributed by atoms with E-state index in [-0.39, 0.29) is 28.6 Å². The first kappa shape index (κ1) is 26.8. The molecule has 0 saturated heterocycles. The minimum absolute atomic E-state index is 0. The maximum atomic E-state index is 10.6. The van der Waals surface area contributed by atoms with Crippen LogP contribution in [0.5, 0.6) is 11.5 Å². The van der Waals surface area contributed by atoms with Crippen molar-refractivity contribution in [1.29, 1.82) is 0 Å². The van der Waals surface area contributed by atoms with E-state index in [0.717, 1.165) is 18.1 Å². The van der Waals surface area contributed by atoms with E-state index in [4.69, 9.17) is 14.6 Å². The number of nitrogens with zero attached hydrogens (tertiary/aromatic N) is 2. The molecule has 0 aromatic heterocycles. The summed E-state index contributed by atoms with van der Waals surface area (Å²) in [5.41, 5.74) is 4.28. The summed E-state index contributed by atoms with van der Waals surface area (Å²) < 4.78 is 5.72. The molecule has 3 N–H and O–H groups in total. The Bertz CT molecular complexity index is 1090. The molecule has 0 saturated carbocycles. The second-order valence-electron chi connectivity index (χ2n) is 7.35. The molecule has 0 amide bonds. The number of phenols is 2. The van der Waals surface area contributed by atoms with Gasteiger partial charge >= 0.3 is 0 Å². The Balaban J connectivity index is 0.000000758. The predicted molar refractivity (Wildman–Crippen MR) is 129 cm³/mol. The molecule has 4 rings (SSSR count). The molecule has 1 radical (unpaired) electrons. The van der Waals surface area contributed by atoms with Gasteiger partial charge in [-0.15, -0.1) is 0 Å². The van der Waals surface area contributed by atoms with Crippen molar-refractivity contribution < 1.29 is 41.9 Å². The number of carboxylic acids is 1. The third-order valence-electron chi connectivity index (χ3n) is 4.90. The molecule has 4 bridgehead atoms. The standard InChI is InChI=1S/C24H22N2O3.C2H4O2.Mn/c27-23-17-5-3-7-19(23)15-25-21-9-1-2-10-22(21)26-16-20-8-4-6-18(24(20)28)12-14-29-13-11-17;1-2(3)4;/h1-10,15-16,27-28H,11-14H2;1H3,(H,3,4);. The number of fused-ring (bicyclic) bond motifs is 5. The molecule has 1 aliphatic rings. The summed E-state index contributed by atoms with van der Waals surface area (Å²) in [6.45, 7) is 2.05. The first-order valence-electron chi connectivity index (χ1n) is 10.5. The Morgan fingerprint density at radius 3 is 1.59 bits per heavy atom. The number of hydrogen-bond donors (Lipinski definition) is 3. The summed E-state index contributed by atoms with van der Waals surface area (Å²) in [5.74, 6) is -0.399. The number of aromatic hydroxyl groups is 2. The van der Waals surface area contributed by atoms with E-state index < -0.39 is 5.97 Å². The number of para-hydroxylation sites is 4. The largest absolute Gasteiger partial charge is 0.507 e. The van der Waals surface area contributed by atoms with Crippen molar-refractivity contribution in [2.24, 2.45) is 9.98 Å². The van der Waals surface area contributed by atoms with Crippen molar-refractivity contribution in [1.82, 2.24) is 0 Å². The molecule has 177 valence electrons. The number of carbonyl (C=O) groups is 1. The van der Waals surface area contributed by atoms with Crippen LogP contribution in [0.15, 0.2) is 70.6 Å². The first-order chi connectivity index (χ1) is 16.0. The Labute approximate surface area is 209 Å². The maximum absolute atomic E-state index is 10.6. The first-order valence-corrected chi connectivity index (χ1v) is 10.5. The maximum Gasteiger partial charge on any atom is 0.300 e. The molecular weight excluding hydrogens is 475 g/mol. The Kier molecular flexibility index (Phi) is 10.5. The molecule has 3 aromatic carbocycles. The number of rotatable bonds is 0. The van der Waals surface area contributed by atoms with Crippen molar-refractivity contribution in [3.63, 3.8) is 0 Å². The monoisotopic (exact) mass is 501 g/mol. The topological polar surface area (TPSA) is 112 Å². The summed E-state index contributed by atoms with van der Waals surface area (Å²) in [7, 11) is 0. The molecule has 0 unspecified atom stereocenters. The number of benzene rings is 3. The van der Waals surface area contributed by atoms with E-state index in [1.54, 1.807) is 12.4 Å². The van der Waals surface area contributed by atoms with E-state index in [2.05, 4.69) is 9.98 Å². The molecule has 1 aliphatic heterocycles. The SMILES string of the molecule is CC(=O)O.Oc1c2cccc1CCOCCc1cccc(c1O)C=Nc1ccccc1N=C2.[Mn]. The predicted octanol–water partition coefficient (Wildman–Crippen LogP) is 4.80. The summed E-state index contributed by atoms with van der Waals surface area (Å²) in [6, 6.07) is 18.7. The van der Waals surface area contributed by atoms with Crippen LogP contribution in [0.3, 0.4) is 0 Å². The number of carboxylic acid groups (broad SMARTS) is 1. The van der Waals surface area contributed by atoms with Crippen LogP contribution in [0.2, 0.25) is 0 Å². The minimum atomic E-state index is -0.833. The van der Waals surface area contributed by atoms with Crippen molar-refractivity contribution in [2.75, 3.05) is 13.2 Å². The smallest absolute Gasteiger partial charge is 0.300 e. The van der Waals surface area contributed by atoms with Gasteiger partial charge in [-0.2, -0.15) is 0 Å². The second kappa shape index (κ2) is 13.3. The van der Waals surface area contributed by atoms with Crippen LogP contribution in [0.4, 0.5) is 11.4 Å². The van der Waals surface area contributed by atoms with Crippen molar-refractivity contribution in [2.45, 2.75) is 19.8 Å². The molecule has 0 fully saturated rings. The van der Waals surface area contributed by atoms with Crippen molar-refractivity contribution >= 4 is 29.8 Å². The van der Waals surface area contributed by atoms with Crippen LogP contribution >= 0.6 is 0 Å². The van der Waals surface area contributed by atoms with E-state index >= 15 is 0 Å². The summed E-state index contributed by atoms with van der Waals surface area (Å²) in [6.07, 6.45) is 4.48. The van der Waals surface area contributed by atoms with Crippen LogP contribution in [-0.4, -0.2) is 46.9 Å². The number of ether oxygens (including phenoxy) is 1. The van der Waals surface area contributed by atoms with Crippen molar-refractivity contribution in [3.05, 3.63) is 82.9 Å². The van der Waals surface area contributed by atoms with Crippen LogP contribution in [0.25, 0.3) is 0 Å². The number of aliphatic imine (C=N–C) groups is 2. The molecule has 3 aromatic rings. The fraction of sp³-hybridized carbons (Fsp3) is 0.192. The second-order valence-corrected chi connectivity index (χ2v) is 7.35. The molecule has 8 heteroatoms.